The molecule has 0 spiro atoms. The molecule has 1 aromatic carbocycles. The Morgan fingerprint density at radius 3 is 3.00 bits per heavy atom. The van der Waals surface area contributed by atoms with Gasteiger partial charge < -0.3 is 10.6 Å². The first-order valence-corrected chi connectivity index (χ1v) is 6.14. The van der Waals surface area contributed by atoms with Crippen LogP contribution in [0, 0.1) is 13.5 Å². The van der Waals surface area contributed by atoms with Gasteiger partial charge in [0.1, 0.15) is 0 Å². The molecule has 1 aliphatic rings. The lowest BCUT2D eigenvalue weighted by Gasteiger charge is -2.29. The van der Waals surface area contributed by atoms with E-state index in [2.05, 4.69) is 47.5 Å². The molecule has 1 saturated heterocycles. The van der Waals surface area contributed by atoms with Crippen molar-refractivity contribution in [2.24, 2.45) is 0 Å². The van der Waals surface area contributed by atoms with Gasteiger partial charge in [0.25, 0.3) is 6.57 Å². The maximum atomic E-state index is 5.62. The molecule has 1 heterocycles. The zero-order valence-electron chi connectivity index (χ0n) is 10.5. The van der Waals surface area contributed by atoms with Gasteiger partial charge in [0, 0.05) is 18.3 Å². The van der Waals surface area contributed by atoms with Crippen molar-refractivity contribution in [1.29, 1.82) is 0 Å². The van der Waals surface area contributed by atoms with Gasteiger partial charge in [-0.3, -0.25) is 0 Å². The molecular weight excluding hydrogens is 210 g/mol. The highest BCUT2D eigenvalue weighted by Gasteiger charge is 2.44. The third-order valence-corrected chi connectivity index (χ3v) is 3.32. The second-order valence-electron chi connectivity index (χ2n) is 4.96. The zero-order valence-corrected chi connectivity index (χ0v) is 10.5. The highest BCUT2D eigenvalue weighted by atomic mass is 15.2. The molecule has 1 aromatic rings. The van der Waals surface area contributed by atoms with Crippen molar-refractivity contribution in [1.82, 2.24) is 5.32 Å². The molecule has 90 valence electrons. The number of benzene rings is 1. The van der Waals surface area contributed by atoms with Gasteiger partial charge in [-0.2, -0.15) is 0 Å². The summed E-state index contributed by atoms with van der Waals surface area (Å²) in [6.45, 7) is 10.8. The van der Waals surface area contributed by atoms with Crippen molar-refractivity contribution in [3.05, 3.63) is 34.7 Å². The first kappa shape index (κ1) is 11.9. The van der Waals surface area contributed by atoms with E-state index in [1.54, 1.807) is 0 Å². The van der Waals surface area contributed by atoms with E-state index in [-0.39, 0.29) is 5.66 Å². The van der Waals surface area contributed by atoms with E-state index in [1.807, 2.05) is 6.07 Å². The Morgan fingerprint density at radius 2 is 2.35 bits per heavy atom. The van der Waals surface area contributed by atoms with Gasteiger partial charge in [0.05, 0.1) is 12.8 Å². The fraction of sp³-hybridized carbons (Fsp3) is 0.500. The van der Waals surface area contributed by atoms with E-state index in [0.717, 1.165) is 25.1 Å². The number of anilines is 1. The summed E-state index contributed by atoms with van der Waals surface area (Å²) < 4.78 is 0. The molecular formula is C14H20N3+. The summed E-state index contributed by atoms with van der Waals surface area (Å²) in [4.78, 5) is 4.10. The number of hydrogen-bond donors (Lipinski definition) is 2. The molecule has 0 saturated carbocycles. The second kappa shape index (κ2) is 4.77. The van der Waals surface area contributed by atoms with Crippen LogP contribution in [0.1, 0.15) is 25.3 Å². The van der Waals surface area contributed by atoms with Gasteiger partial charge in [0.15, 0.2) is 0 Å². The predicted octanol–water partition coefficient (Wildman–Crippen LogP) is 2.84. The van der Waals surface area contributed by atoms with Gasteiger partial charge in [-0.1, -0.05) is 17.0 Å². The molecule has 1 fully saturated rings. The fourth-order valence-electron chi connectivity index (χ4n) is 2.46. The van der Waals surface area contributed by atoms with Crippen molar-refractivity contribution in [3.63, 3.8) is 0 Å². The van der Waals surface area contributed by atoms with Gasteiger partial charge in [-0.15, -0.1) is 0 Å². The lowest BCUT2D eigenvalue weighted by atomic mass is 9.93. The van der Waals surface area contributed by atoms with E-state index < -0.39 is 0 Å². The molecule has 2 N–H and O–H groups in total. The largest absolute Gasteiger partial charge is 0.356 e. The summed E-state index contributed by atoms with van der Waals surface area (Å²) >= 11 is 0. The summed E-state index contributed by atoms with van der Waals surface area (Å²) in [6.07, 6.45) is 1.83. The molecule has 3 heteroatoms. The minimum Gasteiger partial charge on any atom is -0.313 e. The molecule has 2 atom stereocenters. The van der Waals surface area contributed by atoms with Crippen LogP contribution >= 0.6 is 0 Å². The minimum absolute atomic E-state index is 0.321. The van der Waals surface area contributed by atoms with Crippen LogP contribution in [0.3, 0.4) is 0 Å². The fourth-order valence-corrected chi connectivity index (χ4v) is 2.46. The molecule has 0 radical (unpaired) electrons. The summed E-state index contributed by atoms with van der Waals surface area (Å²) in [5.41, 5.74) is 2.01. The highest BCUT2D eigenvalue weighted by molar-refractivity contribution is 5.48. The van der Waals surface area contributed by atoms with E-state index in [9.17, 15) is 0 Å². The van der Waals surface area contributed by atoms with E-state index in [1.165, 1.54) is 5.56 Å². The normalized spacial score (nSPS) is 28.4. The van der Waals surface area contributed by atoms with Crippen molar-refractivity contribution in [2.75, 3.05) is 11.9 Å². The minimum atomic E-state index is -0.321. The van der Waals surface area contributed by atoms with Gasteiger partial charge in [-0.05, 0) is 31.5 Å². The number of hydrogen-bond acceptors (Lipinski definition) is 2. The van der Waals surface area contributed by atoms with Crippen molar-refractivity contribution >= 4 is 5.69 Å². The molecule has 0 amide bonds. The Kier molecular flexibility index (Phi) is 3.35. The average Bonchev–Trinajstić information content (AvgIpc) is 2.29. The summed E-state index contributed by atoms with van der Waals surface area (Å²) in [5, 5.41) is 6.90. The number of aryl methyl sites for hydroxylation is 1. The Bertz CT molecular complexity index is 435. The maximum Gasteiger partial charge on any atom is 0.356 e. The monoisotopic (exact) mass is 230 g/mol. The molecule has 0 aromatic heterocycles. The topological polar surface area (TPSA) is 28.4 Å². The lowest BCUT2D eigenvalue weighted by Crippen LogP contribution is -2.49. The first-order valence-electron chi connectivity index (χ1n) is 6.14. The average molecular weight is 230 g/mol. The first-order chi connectivity index (χ1) is 8.13. The van der Waals surface area contributed by atoms with Crippen LogP contribution in [-0.4, -0.2) is 18.2 Å². The van der Waals surface area contributed by atoms with Gasteiger partial charge in [-0.25, -0.2) is 0 Å². The quantitative estimate of drug-likeness (QED) is 0.818. The highest BCUT2D eigenvalue weighted by Crippen LogP contribution is 2.28. The Hall–Kier alpha value is -1.53. The third kappa shape index (κ3) is 2.78. The third-order valence-electron chi connectivity index (χ3n) is 3.32. The molecule has 0 unspecified atom stereocenters. The number of rotatable bonds is 2. The maximum absolute atomic E-state index is 5.62. The number of nitrogens with one attached hydrogen (secondary N) is 2. The van der Waals surface area contributed by atoms with Crippen molar-refractivity contribution in [3.8, 4) is 6.57 Å². The molecule has 1 aliphatic heterocycles. The predicted molar refractivity (Wildman–Crippen MR) is 72.5 cm³/mol. The van der Waals surface area contributed by atoms with Crippen LogP contribution in [0.15, 0.2) is 24.3 Å². The number of piperidine rings is 1. The smallest absolute Gasteiger partial charge is 0.313 e. The molecule has 0 bridgehead atoms. The van der Waals surface area contributed by atoms with Crippen molar-refractivity contribution < 1.29 is 0 Å². The van der Waals surface area contributed by atoms with E-state index in [0.29, 0.717) is 6.04 Å². The van der Waals surface area contributed by atoms with Crippen LogP contribution in [0.2, 0.25) is 0 Å². The lowest BCUT2D eigenvalue weighted by molar-refractivity contribution is 0.334. The van der Waals surface area contributed by atoms with Crippen LogP contribution in [-0.2, 0) is 0 Å². The summed E-state index contributed by atoms with van der Waals surface area (Å²) in [7, 11) is 0. The molecule has 17 heavy (non-hydrogen) atoms. The summed E-state index contributed by atoms with van der Waals surface area (Å²) in [6, 6.07) is 8.76. The van der Waals surface area contributed by atoms with Crippen molar-refractivity contribution in [2.45, 2.75) is 38.4 Å². The zero-order chi connectivity index (χ0) is 12.3. The second-order valence-corrected chi connectivity index (χ2v) is 4.96. The number of nitrogens with zero attached hydrogens (tertiary/aromatic N) is 1. The van der Waals surface area contributed by atoms with Gasteiger partial charge >= 0.3 is 5.66 Å². The standard InChI is InChI=1S/C14H20N3/c1-11-5-4-6-13(9-11)17-14(15-3)7-8-16-12(2)10-14/h3-6,9,12,16-17H,7-8,10H2,1-2H3/q+1/t12-,14+/m0/s1. The SMILES string of the molecule is C#[N+][C@@]1(Nc2cccc(C)c2)CCN[C@@H](C)C1. The molecule has 0 aliphatic carbocycles. The van der Waals surface area contributed by atoms with Crippen LogP contribution in [0.25, 0.3) is 4.85 Å². The van der Waals surface area contributed by atoms with Crippen LogP contribution < -0.4 is 10.6 Å². The van der Waals surface area contributed by atoms with Gasteiger partial charge in [0.2, 0.25) is 0 Å². The van der Waals surface area contributed by atoms with E-state index >= 15 is 0 Å². The Balaban J connectivity index is 2.17. The van der Waals surface area contributed by atoms with E-state index in [4.69, 9.17) is 6.57 Å². The van der Waals surface area contributed by atoms with Crippen LogP contribution in [0.5, 0.6) is 0 Å². The Morgan fingerprint density at radius 1 is 1.53 bits per heavy atom. The van der Waals surface area contributed by atoms with Crippen LogP contribution in [0.4, 0.5) is 5.69 Å². The Labute approximate surface area is 103 Å². The molecule has 3 nitrogen and oxygen atoms in total. The summed E-state index contributed by atoms with van der Waals surface area (Å²) in [5.74, 6) is 0. The molecule has 2 rings (SSSR count).